The molecule has 1 aliphatic rings. The molecule has 2 rings (SSSR count). The Balaban J connectivity index is 2.11. The highest BCUT2D eigenvalue weighted by molar-refractivity contribution is 5.71. The summed E-state index contributed by atoms with van der Waals surface area (Å²) in [6.45, 7) is 4.43. The molecule has 2 heteroatoms. The molecule has 16 heavy (non-hydrogen) atoms. The summed E-state index contributed by atoms with van der Waals surface area (Å²) >= 11 is 0. The van der Waals surface area contributed by atoms with Crippen molar-refractivity contribution in [3.8, 4) is 0 Å². The standard InChI is InChI=1S/C14H18O2/c1-3-16-14(15)9-12-7-6-11-5-4-10(2)8-13(11)12/h4-5,8,12H,3,6-7,9H2,1-2H3. The molecule has 0 saturated carbocycles. The third-order valence-corrected chi connectivity index (χ3v) is 3.22. The maximum Gasteiger partial charge on any atom is 0.306 e. The summed E-state index contributed by atoms with van der Waals surface area (Å²) in [6, 6.07) is 6.55. The molecule has 0 fully saturated rings. The number of carbonyl (C=O) groups excluding carboxylic acids is 1. The molecule has 0 N–H and O–H groups in total. The monoisotopic (exact) mass is 218 g/mol. The largest absolute Gasteiger partial charge is 0.466 e. The molecule has 0 amide bonds. The van der Waals surface area contributed by atoms with Crippen LogP contribution in [-0.2, 0) is 16.0 Å². The highest BCUT2D eigenvalue weighted by Gasteiger charge is 2.24. The van der Waals surface area contributed by atoms with E-state index in [1.54, 1.807) is 0 Å². The average Bonchev–Trinajstić information content (AvgIpc) is 2.61. The predicted octanol–water partition coefficient (Wildman–Crippen LogP) is 2.98. The number of ether oxygens (including phenoxy) is 1. The fourth-order valence-electron chi connectivity index (χ4n) is 2.44. The molecule has 0 heterocycles. The first-order valence-corrected chi connectivity index (χ1v) is 5.95. The summed E-state index contributed by atoms with van der Waals surface area (Å²) in [5, 5.41) is 0. The van der Waals surface area contributed by atoms with Crippen LogP contribution in [0.15, 0.2) is 18.2 Å². The molecule has 1 aliphatic carbocycles. The number of hydrogen-bond donors (Lipinski definition) is 0. The Kier molecular flexibility index (Phi) is 3.28. The van der Waals surface area contributed by atoms with Crippen molar-refractivity contribution in [3.63, 3.8) is 0 Å². The number of aryl methyl sites for hydroxylation is 2. The molecule has 1 aromatic carbocycles. The lowest BCUT2D eigenvalue weighted by Gasteiger charge is -2.11. The molecular formula is C14H18O2. The van der Waals surface area contributed by atoms with Crippen molar-refractivity contribution < 1.29 is 9.53 Å². The van der Waals surface area contributed by atoms with Crippen LogP contribution in [0.2, 0.25) is 0 Å². The van der Waals surface area contributed by atoms with E-state index in [9.17, 15) is 4.79 Å². The number of hydrogen-bond acceptors (Lipinski definition) is 2. The molecule has 0 saturated heterocycles. The molecule has 1 unspecified atom stereocenters. The summed E-state index contributed by atoms with van der Waals surface area (Å²) in [5.74, 6) is 0.302. The third-order valence-electron chi connectivity index (χ3n) is 3.22. The molecule has 0 spiro atoms. The molecule has 0 aromatic heterocycles. The first kappa shape index (κ1) is 11.2. The Bertz CT molecular complexity index is 396. The summed E-state index contributed by atoms with van der Waals surface area (Å²) in [5.41, 5.74) is 4.03. The summed E-state index contributed by atoms with van der Waals surface area (Å²) in [6.07, 6.45) is 2.71. The molecule has 0 aliphatic heterocycles. The van der Waals surface area contributed by atoms with E-state index in [0.717, 1.165) is 12.8 Å². The maximum absolute atomic E-state index is 11.5. The zero-order valence-corrected chi connectivity index (χ0v) is 9.95. The van der Waals surface area contributed by atoms with Crippen LogP contribution in [0.25, 0.3) is 0 Å². The van der Waals surface area contributed by atoms with Gasteiger partial charge in [0.05, 0.1) is 13.0 Å². The van der Waals surface area contributed by atoms with Crippen molar-refractivity contribution in [2.45, 2.75) is 39.0 Å². The highest BCUT2D eigenvalue weighted by Crippen LogP contribution is 2.36. The number of carbonyl (C=O) groups is 1. The lowest BCUT2D eigenvalue weighted by Crippen LogP contribution is -2.08. The van der Waals surface area contributed by atoms with Crippen molar-refractivity contribution in [3.05, 3.63) is 34.9 Å². The van der Waals surface area contributed by atoms with Gasteiger partial charge in [0.2, 0.25) is 0 Å². The van der Waals surface area contributed by atoms with Gasteiger partial charge < -0.3 is 4.74 Å². The Morgan fingerprint density at radius 3 is 3.06 bits per heavy atom. The maximum atomic E-state index is 11.5. The first-order valence-electron chi connectivity index (χ1n) is 5.95. The summed E-state index contributed by atoms with van der Waals surface area (Å²) in [7, 11) is 0. The van der Waals surface area contributed by atoms with Gasteiger partial charge in [-0.1, -0.05) is 23.8 Å². The second kappa shape index (κ2) is 4.69. The Morgan fingerprint density at radius 2 is 2.31 bits per heavy atom. The lowest BCUT2D eigenvalue weighted by atomic mass is 9.96. The predicted molar refractivity (Wildman–Crippen MR) is 63.5 cm³/mol. The fraction of sp³-hybridized carbons (Fsp3) is 0.500. The highest BCUT2D eigenvalue weighted by atomic mass is 16.5. The van der Waals surface area contributed by atoms with Crippen molar-refractivity contribution in [1.82, 2.24) is 0 Å². The Hall–Kier alpha value is -1.31. The van der Waals surface area contributed by atoms with Gasteiger partial charge in [0, 0.05) is 0 Å². The number of esters is 1. The van der Waals surface area contributed by atoms with E-state index in [-0.39, 0.29) is 5.97 Å². The van der Waals surface area contributed by atoms with Crippen LogP contribution in [0.3, 0.4) is 0 Å². The van der Waals surface area contributed by atoms with Crippen LogP contribution in [0, 0.1) is 6.92 Å². The zero-order chi connectivity index (χ0) is 11.5. The zero-order valence-electron chi connectivity index (χ0n) is 9.95. The minimum Gasteiger partial charge on any atom is -0.466 e. The molecule has 1 aromatic rings. The molecule has 0 bridgehead atoms. The van der Waals surface area contributed by atoms with Gasteiger partial charge in [-0.25, -0.2) is 0 Å². The van der Waals surface area contributed by atoms with Gasteiger partial charge in [0.25, 0.3) is 0 Å². The molecule has 0 radical (unpaired) electrons. The minimum absolute atomic E-state index is 0.0677. The van der Waals surface area contributed by atoms with E-state index < -0.39 is 0 Å². The topological polar surface area (TPSA) is 26.3 Å². The minimum atomic E-state index is -0.0677. The van der Waals surface area contributed by atoms with Crippen LogP contribution >= 0.6 is 0 Å². The van der Waals surface area contributed by atoms with E-state index in [0.29, 0.717) is 18.9 Å². The van der Waals surface area contributed by atoms with E-state index in [1.807, 2.05) is 6.92 Å². The third kappa shape index (κ3) is 2.26. The van der Waals surface area contributed by atoms with Crippen LogP contribution in [0.5, 0.6) is 0 Å². The van der Waals surface area contributed by atoms with Crippen molar-refractivity contribution in [2.24, 2.45) is 0 Å². The van der Waals surface area contributed by atoms with Crippen LogP contribution in [0.1, 0.15) is 42.4 Å². The van der Waals surface area contributed by atoms with E-state index in [1.165, 1.54) is 16.7 Å². The number of benzene rings is 1. The second-order valence-electron chi connectivity index (χ2n) is 4.45. The smallest absolute Gasteiger partial charge is 0.306 e. The van der Waals surface area contributed by atoms with Crippen molar-refractivity contribution in [2.75, 3.05) is 6.61 Å². The Morgan fingerprint density at radius 1 is 1.50 bits per heavy atom. The molecule has 2 nitrogen and oxygen atoms in total. The second-order valence-corrected chi connectivity index (χ2v) is 4.45. The van der Waals surface area contributed by atoms with Crippen LogP contribution in [0.4, 0.5) is 0 Å². The van der Waals surface area contributed by atoms with Gasteiger partial charge in [-0.2, -0.15) is 0 Å². The van der Waals surface area contributed by atoms with Crippen molar-refractivity contribution >= 4 is 5.97 Å². The van der Waals surface area contributed by atoms with E-state index >= 15 is 0 Å². The van der Waals surface area contributed by atoms with Gasteiger partial charge in [-0.15, -0.1) is 0 Å². The fourth-order valence-corrected chi connectivity index (χ4v) is 2.44. The molecule has 1 atom stereocenters. The van der Waals surface area contributed by atoms with E-state index in [4.69, 9.17) is 4.74 Å². The van der Waals surface area contributed by atoms with Crippen molar-refractivity contribution in [1.29, 1.82) is 0 Å². The quantitative estimate of drug-likeness (QED) is 0.729. The normalized spacial score (nSPS) is 18.2. The van der Waals surface area contributed by atoms with E-state index in [2.05, 4.69) is 25.1 Å². The average molecular weight is 218 g/mol. The lowest BCUT2D eigenvalue weighted by molar-refractivity contribution is -0.143. The van der Waals surface area contributed by atoms with Gasteiger partial charge in [0.1, 0.15) is 0 Å². The van der Waals surface area contributed by atoms with Gasteiger partial charge in [0.15, 0.2) is 0 Å². The molecule has 86 valence electrons. The number of rotatable bonds is 3. The first-order chi connectivity index (χ1) is 7.70. The van der Waals surface area contributed by atoms with Gasteiger partial charge in [-0.05, 0) is 43.7 Å². The summed E-state index contributed by atoms with van der Waals surface area (Å²) < 4.78 is 5.01. The summed E-state index contributed by atoms with van der Waals surface area (Å²) in [4.78, 5) is 11.5. The molecular weight excluding hydrogens is 200 g/mol. The number of fused-ring (bicyclic) bond motifs is 1. The van der Waals surface area contributed by atoms with Crippen LogP contribution in [-0.4, -0.2) is 12.6 Å². The SMILES string of the molecule is CCOC(=O)CC1CCc2ccc(C)cc21. The Labute approximate surface area is 96.6 Å². The van der Waals surface area contributed by atoms with Crippen LogP contribution < -0.4 is 0 Å². The van der Waals surface area contributed by atoms with Gasteiger partial charge >= 0.3 is 5.97 Å². The van der Waals surface area contributed by atoms with Gasteiger partial charge in [-0.3, -0.25) is 4.79 Å².